The molecule has 1 aromatic carbocycles. The largest absolute Gasteiger partial charge is 0.496 e. The van der Waals surface area contributed by atoms with Gasteiger partial charge >= 0.3 is 0 Å². The fourth-order valence-electron chi connectivity index (χ4n) is 2.33. The summed E-state index contributed by atoms with van der Waals surface area (Å²) in [5.41, 5.74) is 6.66. The van der Waals surface area contributed by atoms with Gasteiger partial charge in [-0.3, -0.25) is 4.90 Å². The lowest BCUT2D eigenvalue weighted by Gasteiger charge is -2.34. The molecule has 1 fully saturated rings. The van der Waals surface area contributed by atoms with Crippen LogP contribution >= 0.6 is 0 Å². The molecule has 1 atom stereocenters. The van der Waals surface area contributed by atoms with Gasteiger partial charge in [-0.2, -0.15) is 0 Å². The third-order valence-corrected chi connectivity index (χ3v) is 3.26. The fourth-order valence-corrected chi connectivity index (χ4v) is 2.33. The zero-order valence-electron chi connectivity index (χ0n) is 10.6. The number of methoxy groups -OCH3 is 1. The molecule has 0 aromatic heterocycles. The predicted molar refractivity (Wildman–Crippen MR) is 67.1 cm³/mol. The standard InChI is InChI=1S/C13H19FN2O2/c1-17-13-3-2-10(14)8-11(13)12(9-15)16-4-6-18-7-5-16/h2-3,8,12H,4-7,9,15H2,1H3. The van der Waals surface area contributed by atoms with Crippen molar-refractivity contribution in [3.63, 3.8) is 0 Å². The van der Waals surface area contributed by atoms with Crippen molar-refractivity contribution in [1.29, 1.82) is 0 Å². The van der Waals surface area contributed by atoms with E-state index in [1.54, 1.807) is 13.2 Å². The van der Waals surface area contributed by atoms with Crippen LogP contribution < -0.4 is 10.5 Å². The van der Waals surface area contributed by atoms with Gasteiger partial charge in [0.15, 0.2) is 0 Å². The van der Waals surface area contributed by atoms with E-state index < -0.39 is 0 Å². The molecule has 1 aliphatic rings. The lowest BCUT2D eigenvalue weighted by molar-refractivity contribution is 0.0174. The minimum absolute atomic E-state index is 0.0282. The number of nitrogens with two attached hydrogens (primary N) is 1. The van der Waals surface area contributed by atoms with Crippen LogP contribution in [0.5, 0.6) is 5.75 Å². The molecule has 1 aliphatic heterocycles. The van der Waals surface area contributed by atoms with E-state index in [1.807, 2.05) is 0 Å². The summed E-state index contributed by atoms with van der Waals surface area (Å²) in [4.78, 5) is 2.21. The van der Waals surface area contributed by atoms with Crippen molar-refractivity contribution in [2.24, 2.45) is 5.73 Å². The molecule has 100 valence electrons. The Labute approximate surface area is 106 Å². The number of halogens is 1. The maximum Gasteiger partial charge on any atom is 0.123 e. The smallest absolute Gasteiger partial charge is 0.123 e. The van der Waals surface area contributed by atoms with Crippen LogP contribution in [0.1, 0.15) is 11.6 Å². The number of nitrogens with zero attached hydrogens (tertiary/aromatic N) is 1. The summed E-state index contributed by atoms with van der Waals surface area (Å²) in [5, 5.41) is 0. The van der Waals surface area contributed by atoms with Crippen LogP contribution in [0.3, 0.4) is 0 Å². The Morgan fingerprint density at radius 3 is 2.78 bits per heavy atom. The summed E-state index contributed by atoms with van der Waals surface area (Å²) in [5.74, 6) is 0.413. The van der Waals surface area contributed by atoms with Crippen molar-refractivity contribution < 1.29 is 13.9 Å². The van der Waals surface area contributed by atoms with Crippen molar-refractivity contribution in [2.45, 2.75) is 6.04 Å². The molecule has 4 nitrogen and oxygen atoms in total. The van der Waals surface area contributed by atoms with Crippen LogP contribution in [0.2, 0.25) is 0 Å². The second-order valence-electron chi connectivity index (χ2n) is 4.29. The monoisotopic (exact) mass is 254 g/mol. The van der Waals surface area contributed by atoms with E-state index in [4.69, 9.17) is 15.2 Å². The lowest BCUT2D eigenvalue weighted by Crippen LogP contribution is -2.42. The Hall–Kier alpha value is -1.17. The van der Waals surface area contributed by atoms with Crippen molar-refractivity contribution >= 4 is 0 Å². The predicted octanol–water partition coefficient (Wildman–Crippen LogP) is 1.17. The van der Waals surface area contributed by atoms with Crippen LogP contribution in [0.4, 0.5) is 4.39 Å². The number of morpholine rings is 1. The molecular weight excluding hydrogens is 235 g/mol. The zero-order chi connectivity index (χ0) is 13.0. The third-order valence-electron chi connectivity index (χ3n) is 3.26. The number of hydrogen-bond donors (Lipinski definition) is 1. The number of rotatable bonds is 4. The second kappa shape index (κ2) is 6.13. The van der Waals surface area contributed by atoms with Gasteiger partial charge in [0.05, 0.1) is 26.4 Å². The van der Waals surface area contributed by atoms with Crippen LogP contribution in [-0.2, 0) is 4.74 Å². The van der Waals surface area contributed by atoms with Gasteiger partial charge < -0.3 is 15.2 Å². The average molecular weight is 254 g/mol. The first-order valence-corrected chi connectivity index (χ1v) is 6.11. The van der Waals surface area contributed by atoms with Gasteiger partial charge in [-0.25, -0.2) is 4.39 Å². The number of benzene rings is 1. The Bertz CT molecular complexity index is 395. The summed E-state index contributed by atoms with van der Waals surface area (Å²) in [7, 11) is 1.59. The average Bonchev–Trinajstić information content (AvgIpc) is 2.41. The van der Waals surface area contributed by atoms with Gasteiger partial charge in [0.1, 0.15) is 11.6 Å². The quantitative estimate of drug-likeness (QED) is 0.876. The van der Waals surface area contributed by atoms with Gasteiger partial charge in [-0.05, 0) is 18.2 Å². The highest BCUT2D eigenvalue weighted by Gasteiger charge is 2.24. The maximum atomic E-state index is 13.4. The molecule has 18 heavy (non-hydrogen) atoms. The summed E-state index contributed by atoms with van der Waals surface area (Å²) in [6, 6.07) is 4.52. The van der Waals surface area contributed by atoms with E-state index in [-0.39, 0.29) is 11.9 Å². The highest BCUT2D eigenvalue weighted by atomic mass is 19.1. The summed E-state index contributed by atoms with van der Waals surface area (Å²) >= 11 is 0. The molecule has 1 aromatic rings. The van der Waals surface area contributed by atoms with Crippen LogP contribution in [-0.4, -0.2) is 44.9 Å². The molecule has 1 heterocycles. The van der Waals surface area contributed by atoms with Gasteiger partial charge in [-0.1, -0.05) is 0 Å². The highest BCUT2D eigenvalue weighted by Crippen LogP contribution is 2.29. The zero-order valence-corrected chi connectivity index (χ0v) is 10.6. The Kier molecular flexibility index (Phi) is 4.52. The number of hydrogen-bond acceptors (Lipinski definition) is 4. The second-order valence-corrected chi connectivity index (χ2v) is 4.29. The van der Waals surface area contributed by atoms with Crippen molar-refractivity contribution in [3.05, 3.63) is 29.6 Å². The van der Waals surface area contributed by atoms with Crippen molar-refractivity contribution in [1.82, 2.24) is 4.90 Å². The summed E-state index contributed by atoms with van der Waals surface area (Å²) in [6.45, 7) is 3.42. The van der Waals surface area contributed by atoms with E-state index in [0.717, 1.165) is 18.7 Å². The highest BCUT2D eigenvalue weighted by molar-refractivity contribution is 5.36. The first-order valence-electron chi connectivity index (χ1n) is 6.11. The molecule has 0 radical (unpaired) electrons. The molecule has 1 saturated heterocycles. The van der Waals surface area contributed by atoms with E-state index >= 15 is 0 Å². The van der Waals surface area contributed by atoms with Crippen LogP contribution in [0.15, 0.2) is 18.2 Å². The Morgan fingerprint density at radius 2 is 2.17 bits per heavy atom. The molecule has 1 unspecified atom stereocenters. The van der Waals surface area contributed by atoms with Gasteiger partial charge in [0.25, 0.3) is 0 Å². The normalized spacial score (nSPS) is 18.6. The Morgan fingerprint density at radius 1 is 1.44 bits per heavy atom. The number of ether oxygens (including phenoxy) is 2. The fraction of sp³-hybridized carbons (Fsp3) is 0.538. The first-order chi connectivity index (χ1) is 8.76. The molecule has 5 heteroatoms. The lowest BCUT2D eigenvalue weighted by atomic mass is 10.0. The molecule has 0 spiro atoms. The van der Waals surface area contributed by atoms with Gasteiger partial charge in [0, 0.05) is 25.2 Å². The van der Waals surface area contributed by atoms with Crippen molar-refractivity contribution in [3.8, 4) is 5.75 Å². The van der Waals surface area contributed by atoms with Crippen LogP contribution in [0.25, 0.3) is 0 Å². The van der Waals surface area contributed by atoms with Crippen LogP contribution in [0, 0.1) is 5.82 Å². The molecule has 0 amide bonds. The summed E-state index contributed by atoms with van der Waals surface area (Å²) < 4.78 is 24.0. The Balaban J connectivity index is 2.27. The summed E-state index contributed by atoms with van der Waals surface area (Å²) in [6.07, 6.45) is 0. The maximum absolute atomic E-state index is 13.4. The minimum Gasteiger partial charge on any atom is -0.496 e. The minimum atomic E-state index is -0.266. The van der Waals surface area contributed by atoms with E-state index in [2.05, 4.69) is 4.90 Å². The van der Waals surface area contributed by atoms with Crippen molar-refractivity contribution in [2.75, 3.05) is 40.0 Å². The van der Waals surface area contributed by atoms with E-state index in [9.17, 15) is 4.39 Å². The third kappa shape index (κ3) is 2.80. The van der Waals surface area contributed by atoms with E-state index in [1.165, 1.54) is 12.1 Å². The van der Waals surface area contributed by atoms with E-state index in [0.29, 0.717) is 25.5 Å². The molecule has 0 saturated carbocycles. The molecular formula is C13H19FN2O2. The molecule has 2 rings (SSSR count). The first kappa shape index (κ1) is 13.3. The molecule has 2 N–H and O–H groups in total. The van der Waals surface area contributed by atoms with Gasteiger partial charge in [-0.15, -0.1) is 0 Å². The topological polar surface area (TPSA) is 47.7 Å². The SMILES string of the molecule is COc1ccc(F)cc1C(CN)N1CCOCC1. The molecule has 0 aliphatic carbocycles. The van der Waals surface area contributed by atoms with Gasteiger partial charge in [0.2, 0.25) is 0 Å². The molecule has 0 bridgehead atoms.